The van der Waals surface area contributed by atoms with Gasteiger partial charge >= 0.3 is 76.5 Å². The molecule has 0 aromatic rings. The molecule has 74 valence electrons. The molecule has 0 unspecified atom stereocenters. The van der Waals surface area contributed by atoms with Gasteiger partial charge in [-0.2, -0.15) is 0 Å². The second-order valence-electron chi connectivity index (χ2n) is 5.96. The first-order valence-corrected chi connectivity index (χ1v) is 8.37. The van der Waals surface area contributed by atoms with Crippen LogP contribution in [0.2, 0.25) is 0 Å². The van der Waals surface area contributed by atoms with E-state index in [9.17, 15) is 0 Å². The van der Waals surface area contributed by atoms with E-state index in [-0.39, 0.29) is 5.60 Å². The van der Waals surface area contributed by atoms with Gasteiger partial charge in [-0.3, -0.25) is 0 Å². The Labute approximate surface area is 77.2 Å². The number of hydrogen-bond acceptors (Lipinski definition) is 1. The third kappa shape index (κ3) is 2.20. The van der Waals surface area contributed by atoms with Gasteiger partial charge in [0.2, 0.25) is 0 Å². The summed E-state index contributed by atoms with van der Waals surface area (Å²) in [5.74, 6) is 0. The minimum absolute atomic E-state index is 0.0385. The van der Waals surface area contributed by atoms with Crippen LogP contribution in [0.3, 0.4) is 0 Å². The molecule has 0 amide bonds. The van der Waals surface area contributed by atoms with E-state index in [1.807, 2.05) is 0 Å². The van der Waals surface area contributed by atoms with Crippen molar-refractivity contribution < 1.29 is 4.74 Å². The molecule has 0 aromatic carbocycles. The van der Waals surface area contributed by atoms with Crippen LogP contribution in [0.15, 0.2) is 0 Å². The molecule has 1 nitrogen and oxygen atoms in total. The average molecular weight is 190 g/mol. The van der Waals surface area contributed by atoms with E-state index in [0.29, 0.717) is 5.34 Å². The van der Waals surface area contributed by atoms with E-state index >= 15 is 0 Å². The summed E-state index contributed by atoms with van der Waals surface area (Å²) < 4.78 is 6.16. The summed E-state index contributed by atoms with van der Waals surface area (Å²) in [5, 5.41) is 0.311. The van der Waals surface area contributed by atoms with Gasteiger partial charge in [0.15, 0.2) is 0 Å². The van der Waals surface area contributed by atoms with Gasteiger partial charge in [-0.1, -0.05) is 0 Å². The molecule has 1 aliphatic carbocycles. The molecule has 2 heteroatoms. The molecule has 12 heavy (non-hydrogen) atoms. The van der Waals surface area contributed by atoms with E-state index in [0.717, 1.165) is 0 Å². The molecule has 1 fully saturated rings. The van der Waals surface area contributed by atoms with Crippen LogP contribution in [0.25, 0.3) is 0 Å². The summed E-state index contributed by atoms with van der Waals surface area (Å²) in [6, 6.07) is 0. The van der Waals surface area contributed by atoms with Crippen LogP contribution in [0.5, 0.6) is 0 Å². The summed E-state index contributed by atoms with van der Waals surface area (Å²) >= 11 is 0. The summed E-state index contributed by atoms with van der Waals surface area (Å²) in [5.41, 5.74) is 0.0385. The monoisotopic (exact) mass is 190 g/mol. The fourth-order valence-electron chi connectivity index (χ4n) is 1.70. The van der Waals surface area contributed by atoms with Crippen molar-refractivity contribution in [3.05, 3.63) is 0 Å². The first kappa shape index (κ1) is 10.5. The summed E-state index contributed by atoms with van der Waals surface area (Å²) in [7, 11) is -1.11. The molecular weight excluding hydrogens is 167 g/mol. The Kier molecular flexibility index (Phi) is 2.34. The maximum atomic E-state index is 6.16. The molecule has 0 saturated heterocycles. The Bertz CT molecular complexity index is 169. The molecule has 1 saturated carbocycles. The van der Waals surface area contributed by atoms with E-state index in [4.69, 9.17) is 4.74 Å². The number of ether oxygens (including phenoxy) is 1. The van der Waals surface area contributed by atoms with Crippen LogP contribution < -0.4 is 0 Å². The first-order chi connectivity index (χ1) is 5.16. The summed E-state index contributed by atoms with van der Waals surface area (Å²) in [6.07, 6.45) is 2.58. The molecule has 1 aliphatic rings. The van der Waals surface area contributed by atoms with Crippen molar-refractivity contribution in [3.63, 3.8) is 0 Å². The standard InChI is InChI=1S/C10H23OP/c1-9(2,3)11-10(7-8-10)12(4,5)6/h12H,7-8H2,1-6H3. The zero-order valence-electron chi connectivity index (χ0n) is 9.32. The van der Waals surface area contributed by atoms with Gasteiger partial charge in [-0.05, 0) is 0 Å². The van der Waals surface area contributed by atoms with Crippen LogP contribution in [0.4, 0.5) is 0 Å². The Morgan fingerprint density at radius 3 is 1.58 bits per heavy atom. The van der Waals surface area contributed by atoms with Crippen molar-refractivity contribution >= 4 is 7.26 Å². The molecule has 0 radical (unpaired) electrons. The normalized spacial score (nSPS) is 23.8. The fourth-order valence-corrected chi connectivity index (χ4v) is 3.94. The SMILES string of the molecule is CC(C)(C)OC1([PH](C)(C)C)CC1. The maximum absolute atomic E-state index is 6.16. The molecule has 1 rings (SSSR count). The third-order valence-electron chi connectivity index (χ3n) is 2.57. The zero-order valence-corrected chi connectivity index (χ0v) is 10.3. The molecule has 0 atom stereocenters. The van der Waals surface area contributed by atoms with Crippen LogP contribution in [-0.2, 0) is 4.74 Å². The van der Waals surface area contributed by atoms with Crippen LogP contribution >= 0.6 is 7.26 Å². The second kappa shape index (κ2) is 2.69. The van der Waals surface area contributed by atoms with Gasteiger partial charge in [-0.25, -0.2) is 0 Å². The molecule has 0 heterocycles. The minimum atomic E-state index is -1.11. The third-order valence-corrected chi connectivity index (χ3v) is 5.91. The van der Waals surface area contributed by atoms with Crippen molar-refractivity contribution in [1.29, 1.82) is 0 Å². The van der Waals surface area contributed by atoms with Crippen molar-refractivity contribution in [2.75, 3.05) is 20.0 Å². The molecule has 0 spiro atoms. The fraction of sp³-hybridized carbons (Fsp3) is 1.00. The summed E-state index contributed by atoms with van der Waals surface area (Å²) in [6.45, 7) is 13.7. The second-order valence-corrected chi connectivity index (χ2v) is 11.4. The quantitative estimate of drug-likeness (QED) is 0.608. The van der Waals surface area contributed by atoms with Crippen LogP contribution in [0, 0.1) is 0 Å². The van der Waals surface area contributed by atoms with E-state index in [1.165, 1.54) is 12.8 Å². The molecule has 0 N–H and O–H groups in total. The van der Waals surface area contributed by atoms with Crippen molar-refractivity contribution in [1.82, 2.24) is 0 Å². The van der Waals surface area contributed by atoms with Gasteiger partial charge in [0.05, 0.1) is 0 Å². The average Bonchev–Trinajstić information content (AvgIpc) is 2.39. The zero-order chi connectivity index (χ0) is 9.62. The van der Waals surface area contributed by atoms with Gasteiger partial charge in [0.25, 0.3) is 0 Å². The first-order valence-electron chi connectivity index (χ1n) is 4.87. The predicted molar refractivity (Wildman–Crippen MR) is 58.9 cm³/mol. The van der Waals surface area contributed by atoms with E-state index < -0.39 is 7.26 Å². The number of hydrogen-bond donors (Lipinski definition) is 0. The van der Waals surface area contributed by atoms with Crippen LogP contribution in [-0.4, -0.2) is 30.9 Å². The topological polar surface area (TPSA) is 9.23 Å². The molecular formula is C10H23OP. The molecule has 0 aliphatic heterocycles. The van der Waals surface area contributed by atoms with E-state index in [2.05, 4.69) is 40.8 Å². The Balaban J connectivity index is 2.63. The Morgan fingerprint density at radius 2 is 1.50 bits per heavy atom. The van der Waals surface area contributed by atoms with Crippen LogP contribution in [0.1, 0.15) is 33.6 Å². The van der Waals surface area contributed by atoms with Gasteiger partial charge in [0.1, 0.15) is 0 Å². The van der Waals surface area contributed by atoms with Gasteiger partial charge in [-0.15, -0.1) is 0 Å². The van der Waals surface area contributed by atoms with Crippen molar-refractivity contribution in [3.8, 4) is 0 Å². The van der Waals surface area contributed by atoms with Crippen molar-refractivity contribution in [2.45, 2.75) is 44.6 Å². The Hall–Kier alpha value is 0.390. The predicted octanol–water partition coefficient (Wildman–Crippen LogP) is 2.93. The number of rotatable bonds is 2. The summed E-state index contributed by atoms with van der Waals surface area (Å²) in [4.78, 5) is 0. The molecule has 0 aromatic heterocycles. The van der Waals surface area contributed by atoms with E-state index in [1.54, 1.807) is 0 Å². The molecule has 0 bridgehead atoms. The Morgan fingerprint density at radius 1 is 1.08 bits per heavy atom. The van der Waals surface area contributed by atoms with Gasteiger partial charge in [0, 0.05) is 0 Å². The van der Waals surface area contributed by atoms with Crippen molar-refractivity contribution in [2.24, 2.45) is 0 Å². The van der Waals surface area contributed by atoms with Gasteiger partial charge < -0.3 is 0 Å².